The lowest BCUT2D eigenvalue weighted by molar-refractivity contribution is -0.122. The van der Waals surface area contributed by atoms with E-state index in [0.717, 1.165) is 11.8 Å². The molecule has 0 radical (unpaired) electrons. The summed E-state index contributed by atoms with van der Waals surface area (Å²) >= 11 is 1.01. The lowest BCUT2D eigenvalue weighted by atomic mass is 10.5. The zero-order valence-electron chi connectivity index (χ0n) is 4.51. The van der Waals surface area contributed by atoms with E-state index in [4.69, 9.17) is 5.73 Å². The number of hydrogen-bond donors (Lipinski definition) is 1. The van der Waals surface area contributed by atoms with Crippen LogP contribution in [0.15, 0.2) is 0 Å². The molecular weight excluding hydrogens is 126 g/mol. The van der Waals surface area contributed by atoms with Gasteiger partial charge in [0.1, 0.15) is 0 Å². The van der Waals surface area contributed by atoms with E-state index in [2.05, 4.69) is 0 Å². The topological polar surface area (TPSA) is 60.2 Å². The molecule has 4 heteroatoms. The second-order valence-electron chi connectivity index (χ2n) is 1.22. The molecule has 0 unspecified atom stereocenters. The van der Waals surface area contributed by atoms with Crippen LogP contribution in [0.4, 0.5) is 0 Å². The van der Waals surface area contributed by atoms with Crippen molar-refractivity contribution in [2.45, 2.75) is 6.42 Å². The molecule has 0 aromatic carbocycles. The molecule has 0 saturated heterocycles. The van der Waals surface area contributed by atoms with Crippen LogP contribution in [0, 0.1) is 0 Å². The van der Waals surface area contributed by atoms with Crippen molar-refractivity contribution in [2.24, 2.45) is 5.73 Å². The molecule has 3 nitrogen and oxygen atoms in total. The number of rotatable bonds is 2. The molecule has 0 aromatic rings. The Kier molecular flexibility index (Phi) is 3.26. The van der Waals surface area contributed by atoms with Crippen LogP contribution in [0.2, 0.25) is 0 Å². The summed E-state index contributed by atoms with van der Waals surface area (Å²) in [6.45, 7) is 0. The number of carbonyl (C=O) groups excluding carboxylic acids is 2. The molecule has 1 amide bonds. The highest BCUT2D eigenvalue weighted by Crippen LogP contribution is 1.96. The summed E-state index contributed by atoms with van der Waals surface area (Å²) < 4.78 is 0. The molecule has 0 rings (SSSR count). The quantitative estimate of drug-likeness (QED) is 0.528. The molecule has 0 aliphatic rings. The lowest BCUT2D eigenvalue weighted by Crippen LogP contribution is -2.13. The van der Waals surface area contributed by atoms with Gasteiger partial charge in [0.25, 0.3) is 0 Å². The first kappa shape index (κ1) is 7.49. The van der Waals surface area contributed by atoms with E-state index in [1.54, 1.807) is 6.26 Å². The van der Waals surface area contributed by atoms with Gasteiger partial charge in [0, 0.05) is 0 Å². The van der Waals surface area contributed by atoms with Crippen molar-refractivity contribution in [3.8, 4) is 0 Å². The molecule has 0 heterocycles. The Morgan fingerprint density at radius 3 is 2.25 bits per heavy atom. The van der Waals surface area contributed by atoms with Gasteiger partial charge in [0.15, 0.2) is 5.12 Å². The minimum atomic E-state index is -0.565. The Bertz CT molecular complexity index is 113. The van der Waals surface area contributed by atoms with Gasteiger partial charge in [-0.15, -0.1) is 0 Å². The van der Waals surface area contributed by atoms with Gasteiger partial charge in [-0.25, -0.2) is 0 Å². The van der Waals surface area contributed by atoms with E-state index in [-0.39, 0.29) is 11.5 Å². The summed E-state index contributed by atoms with van der Waals surface area (Å²) in [7, 11) is 0. The van der Waals surface area contributed by atoms with E-state index in [1.165, 1.54) is 0 Å². The van der Waals surface area contributed by atoms with Crippen LogP contribution < -0.4 is 5.73 Å². The normalized spacial score (nSPS) is 8.62. The molecule has 8 heavy (non-hydrogen) atoms. The maximum absolute atomic E-state index is 10.3. The van der Waals surface area contributed by atoms with Crippen molar-refractivity contribution >= 4 is 22.8 Å². The van der Waals surface area contributed by atoms with Crippen molar-refractivity contribution in [3.05, 3.63) is 0 Å². The van der Waals surface area contributed by atoms with Gasteiger partial charge in [0.2, 0.25) is 5.91 Å². The Hall–Kier alpha value is -0.510. The number of carbonyl (C=O) groups is 2. The van der Waals surface area contributed by atoms with Crippen molar-refractivity contribution < 1.29 is 9.59 Å². The fraction of sp³-hybridized carbons (Fsp3) is 0.500. The minimum Gasteiger partial charge on any atom is -0.369 e. The number of hydrogen-bond acceptors (Lipinski definition) is 3. The predicted octanol–water partition coefficient (Wildman–Crippen LogP) is -0.249. The summed E-state index contributed by atoms with van der Waals surface area (Å²) in [5.74, 6) is -0.565. The summed E-state index contributed by atoms with van der Waals surface area (Å²) in [6.07, 6.45) is 1.46. The molecule has 0 atom stereocenters. The van der Waals surface area contributed by atoms with Crippen LogP contribution >= 0.6 is 11.8 Å². The highest BCUT2D eigenvalue weighted by molar-refractivity contribution is 8.13. The van der Waals surface area contributed by atoms with E-state index in [1.807, 2.05) is 0 Å². The highest BCUT2D eigenvalue weighted by Gasteiger charge is 2.01. The third kappa shape index (κ3) is 3.67. The SMILES string of the molecule is CSC(=O)CC(N)=O. The van der Waals surface area contributed by atoms with Crippen molar-refractivity contribution in [1.82, 2.24) is 0 Å². The summed E-state index contributed by atoms with van der Waals surface area (Å²) in [6, 6.07) is 0. The fourth-order valence-corrected chi connectivity index (χ4v) is 0.501. The van der Waals surface area contributed by atoms with Crippen molar-refractivity contribution in [1.29, 1.82) is 0 Å². The Morgan fingerprint density at radius 2 is 2.12 bits per heavy atom. The van der Waals surface area contributed by atoms with E-state index in [0.29, 0.717) is 0 Å². The zero-order chi connectivity index (χ0) is 6.57. The molecule has 0 aliphatic heterocycles. The lowest BCUT2D eigenvalue weighted by Gasteiger charge is -1.87. The first-order valence-corrected chi connectivity index (χ1v) is 3.24. The van der Waals surface area contributed by atoms with Gasteiger partial charge in [-0.1, -0.05) is 11.8 Å². The Balaban J connectivity index is 3.40. The van der Waals surface area contributed by atoms with Gasteiger partial charge in [-0.05, 0) is 6.26 Å². The number of thioether (sulfide) groups is 1. The summed E-state index contributed by atoms with van der Waals surface area (Å²) in [5, 5.41) is -0.183. The molecule has 0 bridgehead atoms. The highest BCUT2D eigenvalue weighted by atomic mass is 32.2. The molecule has 0 saturated carbocycles. The molecule has 0 aromatic heterocycles. The third-order valence-electron chi connectivity index (χ3n) is 0.546. The third-order valence-corrected chi connectivity index (χ3v) is 1.15. The van der Waals surface area contributed by atoms with Gasteiger partial charge in [-0.3, -0.25) is 9.59 Å². The maximum Gasteiger partial charge on any atom is 0.225 e. The zero-order valence-corrected chi connectivity index (χ0v) is 5.33. The van der Waals surface area contributed by atoms with Crippen molar-refractivity contribution in [2.75, 3.05) is 6.26 Å². The summed E-state index contributed by atoms with van der Waals surface area (Å²) in [5.41, 5.74) is 4.70. The van der Waals surface area contributed by atoms with Crippen LogP contribution in [0.5, 0.6) is 0 Å². The van der Waals surface area contributed by atoms with E-state index < -0.39 is 5.91 Å². The largest absolute Gasteiger partial charge is 0.369 e. The number of primary amides is 1. The van der Waals surface area contributed by atoms with E-state index >= 15 is 0 Å². The minimum absolute atomic E-state index is 0.152. The van der Waals surface area contributed by atoms with Crippen LogP contribution in [0.1, 0.15) is 6.42 Å². The molecular formula is C4H7NO2S. The van der Waals surface area contributed by atoms with Gasteiger partial charge in [-0.2, -0.15) is 0 Å². The number of amides is 1. The second-order valence-corrected chi connectivity index (χ2v) is 2.08. The smallest absolute Gasteiger partial charge is 0.225 e. The molecule has 2 N–H and O–H groups in total. The van der Waals surface area contributed by atoms with Gasteiger partial charge >= 0.3 is 0 Å². The predicted molar refractivity (Wildman–Crippen MR) is 32.3 cm³/mol. The monoisotopic (exact) mass is 133 g/mol. The molecule has 0 spiro atoms. The van der Waals surface area contributed by atoms with Crippen LogP contribution in [-0.2, 0) is 9.59 Å². The number of nitrogens with two attached hydrogens (primary N) is 1. The van der Waals surface area contributed by atoms with Crippen molar-refractivity contribution in [3.63, 3.8) is 0 Å². The van der Waals surface area contributed by atoms with Gasteiger partial charge in [0.05, 0.1) is 6.42 Å². The van der Waals surface area contributed by atoms with Crippen LogP contribution in [-0.4, -0.2) is 17.3 Å². The molecule has 0 fully saturated rings. The van der Waals surface area contributed by atoms with Crippen LogP contribution in [0.3, 0.4) is 0 Å². The second kappa shape index (κ2) is 3.49. The Morgan fingerprint density at radius 1 is 1.62 bits per heavy atom. The molecule has 0 aliphatic carbocycles. The standard InChI is InChI=1S/C4H7NO2S/c1-8-4(7)2-3(5)6/h2H2,1H3,(H2,5,6). The van der Waals surface area contributed by atoms with Crippen LogP contribution in [0.25, 0.3) is 0 Å². The van der Waals surface area contributed by atoms with E-state index in [9.17, 15) is 9.59 Å². The molecule has 46 valence electrons. The first-order chi connectivity index (χ1) is 3.66. The Labute approximate surface area is 51.6 Å². The average Bonchev–Trinajstić information content (AvgIpc) is 1.65. The summed E-state index contributed by atoms with van der Waals surface area (Å²) in [4.78, 5) is 20.2. The first-order valence-electron chi connectivity index (χ1n) is 2.02. The van der Waals surface area contributed by atoms with Gasteiger partial charge < -0.3 is 5.73 Å². The average molecular weight is 133 g/mol. The fourth-order valence-electron chi connectivity index (χ4n) is 0.214. The maximum atomic E-state index is 10.3.